The molecule has 0 saturated carbocycles. The van der Waals surface area contributed by atoms with Gasteiger partial charge in [0, 0.05) is 13.2 Å². The molecule has 1 fully saturated rings. The molecular formula is C8H17NO2. The zero-order valence-electron chi connectivity index (χ0n) is 7.30. The van der Waals surface area contributed by atoms with Crippen LogP contribution >= 0.6 is 0 Å². The number of rotatable bonds is 5. The summed E-state index contributed by atoms with van der Waals surface area (Å²) < 4.78 is 10.4. The van der Waals surface area contributed by atoms with E-state index in [-0.39, 0.29) is 0 Å². The van der Waals surface area contributed by atoms with E-state index in [4.69, 9.17) is 9.47 Å². The molecular weight excluding hydrogens is 142 g/mol. The molecule has 0 spiro atoms. The van der Waals surface area contributed by atoms with Crippen molar-refractivity contribution in [2.75, 3.05) is 26.4 Å². The topological polar surface area (TPSA) is 30.5 Å². The van der Waals surface area contributed by atoms with Crippen LogP contribution in [0.1, 0.15) is 13.8 Å². The normalized spacial score (nSPS) is 21.3. The molecule has 3 heteroatoms. The van der Waals surface area contributed by atoms with Crippen LogP contribution in [0.2, 0.25) is 0 Å². The maximum atomic E-state index is 5.36. The summed E-state index contributed by atoms with van der Waals surface area (Å²) in [5, 5.41) is 3.35. The van der Waals surface area contributed by atoms with Gasteiger partial charge in [-0.2, -0.15) is 0 Å². The molecule has 0 radical (unpaired) electrons. The first-order chi connectivity index (χ1) is 5.33. The highest BCUT2D eigenvalue weighted by Gasteiger charge is 2.17. The molecule has 66 valence electrons. The van der Waals surface area contributed by atoms with Gasteiger partial charge in [-0.1, -0.05) is 0 Å². The Hall–Kier alpha value is -0.120. The van der Waals surface area contributed by atoms with Gasteiger partial charge in [0.25, 0.3) is 0 Å². The largest absolute Gasteiger partial charge is 0.378 e. The fourth-order valence-electron chi connectivity index (χ4n) is 1.03. The van der Waals surface area contributed by atoms with Crippen LogP contribution in [-0.2, 0) is 9.47 Å². The van der Waals surface area contributed by atoms with Crippen LogP contribution in [0.5, 0.6) is 0 Å². The lowest BCUT2D eigenvalue weighted by Crippen LogP contribution is -2.48. The Morgan fingerprint density at radius 3 is 2.82 bits per heavy atom. The summed E-state index contributed by atoms with van der Waals surface area (Å²) in [4.78, 5) is 0. The first-order valence-corrected chi connectivity index (χ1v) is 4.25. The molecule has 0 aliphatic carbocycles. The van der Waals surface area contributed by atoms with Crippen LogP contribution in [0.25, 0.3) is 0 Å². The summed E-state index contributed by atoms with van der Waals surface area (Å²) in [5.41, 5.74) is 0. The third-order valence-electron chi connectivity index (χ3n) is 1.78. The van der Waals surface area contributed by atoms with Gasteiger partial charge in [-0.3, -0.25) is 0 Å². The smallest absolute Gasteiger partial charge is 0.0671 e. The second-order valence-corrected chi connectivity index (χ2v) is 2.91. The van der Waals surface area contributed by atoms with E-state index in [1.54, 1.807) is 0 Å². The number of hydrogen-bond donors (Lipinski definition) is 1. The average Bonchev–Trinajstić information content (AvgIpc) is 1.85. The standard InChI is InChI=1S/C8H17NO2/c1-3-11-7(2)4-9-8-5-10-6-8/h7-9H,3-6H2,1-2H3. The van der Waals surface area contributed by atoms with E-state index in [0.29, 0.717) is 12.1 Å². The van der Waals surface area contributed by atoms with E-state index in [1.165, 1.54) is 0 Å². The fraction of sp³-hybridized carbons (Fsp3) is 1.00. The number of hydrogen-bond acceptors (Lipinski definition) is 3. The molecule has 1 atom stereocenters. The van der Waals surface area contributed by atoms with Crippen molar-refractivity contribution in [2.24, 2.45) is 0 Å². The van der Waals surface area contributed by atoms with Gasteiger partial charge in [0.05, 0.1) is 25.4 Å². The maximum absolute atomic E-state index is 5.36. The van der Waals surface area contributed by atoms with Crippen LogP contribution in [-0.4, -0.2) is 38.5 Å². The van der Waals surface area contributed by atoms with Crippen molar-refractivity contribution in [3.05, 3.63) is 0 Å². The van der Waals surface area contributed by atoms with Crippen LogP contribution in [0.3, 0.4) is 0 Å². The zero-order valence-corrected chi connectivity index (χ0v) is 7.30. The van der Waals surface area contributed by atoms with E-state index >= 15 is 0 Å². The quantitative estimate of drug-likeness (QED) is 0.630. The first kappa shape index (κ1) is 8.97. The molecule has 0 aromatic rings. The fourth-order valence-corrected chi connectivity index (χ4v) is 1.03. The molecule has 1 unspecified atom stereocenters. The lowest BCUT2D eigenvalue weighted by molar-refractivity contribution is -0.0135. The van der Waals surface area contributed by atoms with Crippen LogP contribution in [0.15, 0.2) is 0 Å². The Kier molecular flexibility index (Phi) is 3.83. The SMILES string of the molecule is CCOC(C)CNC1COC1. The molecule has 1 heterocycles. The van der Waals surface area contributed by atoms with Gasteiger partial charge < -0.3 is 14.8 Å². The molecule has 1 aliphatic rings. The lowest BCUT2D eigenvalue weighted by atomic mass is 10.2. The van der Waals surface area contributed by atoms with Crippen molar-refractivity contribution in [3.8, 4) is 0 Å². The average molecular weight is 159 g/mol. The predicted octanol–water partition coefficient (Wildman–Crippen LogP) is 0.400. The van der Waals surface area contributed by atoms with E-state index in [0.717, 1.165) is 26.4 Å². The molecule has 0 bridgehead atoms. The van der Waals surface area contributed by atoms with Crippen molar-refractivity contribution in [3.63, 3.8) is 0 Å². The summed E-state index contributed by atoms with van der Waals surface area (Å²) in [6.07, 6.45) is 0.320. The number of ether oxygens (including phenoxy) is 2. The van der Waals surface area contributed by atoms with Gasteiger partial charge >= 0.3 is 0 Å². The Morgan fingerprint density at radius 1 is 1.64 bits per heavy atom. The number of nitrogens with one attached hydrogen (secondary N) is 1. The van der Waals surface area contributed by atoms with E-state index < -0.39 is 0 Å². The van der Waals surface area contributed by atoms with E-state index in [1.807, 2.05) is 6.92 Å². The molecule has 1 N–H and O–H groups in total. The van der Waals surface area contributed by atoms with Gasteiger partial charge in [0.1, 0.15) is 0 Å². The lowest BCUT2D eigenvalue weighted by Gasteiger charge is -2.28. The molecule has 1 saturated heterocycles. The van der Waals surface area contributed by atoms with E-state index in [9.17, 15) is 0 Å². The summed E-state index contributed by atoms with van der Waals surface area (Å²) in [7, 11) is 0. The Balaban J connectivity index is 1.92. The maximum Gasteiger partial charge on any atom is 0.0671 e. The van der Waals surface area contributed by atoms with Crippen LogP contribution in [0.4, 0.5) is 0 Å². The molecule has 1 aliphatic heterocycles. The summed E-state index contributed by atoms with van der Waals surface area (Å²) in [6.45, 7) is 7.54. The highest BCUT2D eigenvalue weighted by Crippen LogP contribution is 1.99. The third kappa shape index (κ3) is 3.18. The first-order valence-electron chi connectivity index (χ1n) is 4.25. The second-order valence-electron chi connectivity index (χ2n) is 2.91. The molecule has 1 rings (SSSR count). The van der Waals surface area contributed by atoms with Gasteiger partial charge in [-0.25, -0.2) is 0 Å². The Bertz CT molecular complexity index is 104. The Labute approximate surface area is 68.1 Å². The van der Waals surface area contributed by atoms with Gasteiger partial charge in [-0.05, 0) is 13.8 Å². The summed E-state index contributed by atoms with van der Waals surface area (Å²) in [6, 6.07) is 0.568. The minimum absolute atomic E-state index is 0.320. The van der Waals surface area contributed by atoms with Crippen molar-refractivity contribution in [1.29, 1.82) is 0 Å². The zero-order chi connectivity index (χ0) is 8.10. The van der Waals surface area contributed by atoms with Crippen LogP contribution < -0.4 is 5.32 Å². The molecule has 0 aromatic carbocycles. The molecule has 3 nitrogen and oxygen atoms in total. The second kappa shape index (κ2) is 4.70. The highest BCUT2D eigenvalue weighted by molar-refractivity contribution is 4.73. The van der Waals surface area contributed by atoms with E-state index in [2.05, 4.69) is 12.2 Å². The summed E-state index contributed by atoms with van der Waals surface area (Å²) in [5.74, 6) is 0. The summed E-state index contributed by atoms with van der Waals surface area (Å²) >= 11 is 0. The van der Waals surface area contributed by atoms with Gasteiger partial charge in [0.2, 0.25) is 0 Å². The van der Waals surface area contributed by atoms with Crippen molar-refractivity contribution >= 4 is 0 Å². The monoisotopic (exact) mass is 159 g/mol. The molecule has 0 amide bonds. The predicted molar refractivity (Wildman–Crippen MR) is 43.7 cm³/mol. The third-order valence-corrected chi connectivity index (χ3v) is 1.78. The minimum atomic E-state index is 0.320. The Morgan fingerprint density at radius 2 is 2.36 bits per heavy atom. The highest BCUT2D eigenvalue weighted by atomic mass is 16.5. The van der Waals surface area contributed by atoms with Crippen molar-refractivity contribution in [2.45, 2.75) is 26.0 Å². The molecule has 0 aromatic heterocycles. The van der Waals surface area contributed by atoms with Crippen molar-refractivity contribution < 1.29 is 9.47 Å². The van der Waals surface area contributed by atoms with Gasteiger partial charge in [-0.15, -0.1) is 0 Å². The minimum Gasteiger partial charge on any atom is -0.378 e. The van der Waals surface area contributed by atoms with Crippen LogP contribution in [0, 0.1) is 0 Å². The molecule has 11 heavy (non-hydrogen) atoms. The van der Waals surface area contributed by atoms with Gasteiger partial charge in [0.15, 0.2) is 0 Å². The van der Waals surface area contributed by atoms with Crippen molar-refractivity contribution in [1.82, 2.24) is 5.32 Å².